The van der Waals surface area contributed by atoms with Crippen molar-refractivity contribution < 1.29 is 19.4 Å². The van der Waals surface area contributed by atoms with Gasteiger partial charge < -0.3 is 15.6 Å². The lowest BCUT2D eigenvalue weighted by Crippen LogP contribution is -2.15. The van der Waals surface area contributed by atoms with Gasteiger partial charge in [-0.1, -0.05) is 36.9 Å². The van der Waals surface area contributed by atoms with E-state index in [1.54, 1.807) is 6.92 Å². The summed E-state index contributed by atoms with van der Waals surface area (Å²) in [5, 5.41) is 7.60. The average Bonchev–Trinajstić information content (AvgIpc) is 2.30. The van der Waals surface area contributed by atoms with Gasteiger partial charge in [-0.2, -0.15) is 0 Å². The molecule has 1 atom stereocenters. The van der Waals surface area contributed by atoms with Gasteiger partial charge in [0.15, 0.2) is 0 Å². The monoisotopic (exact) mass is 237 g/mol. The van der Waals surface area contributed by atoms with E-state index >= 15 is 0 Å². The molecule has 17 heavy (non-hydrogen) atoms. The summed E-state index contributed by atoms with van der Waals surface area (Å²) in [5.41, 5.74) is 5.81. The molecule has 0 aromatic heterocycles. The molecule has 5 heteroatoms. The fourth-order valence-electron chi connectivity index (χ4n) is 0.966. The van der Waals surface area contributed by atoms with Crippen LogP contribution in [0.1, 0.15) is 18.6 Å². The Labute approximate surface area is 99.5 Å². The lowest BCUT2D eigenvalue weighted by Gasteiger charge is -2.10. The number of benzene rings is 1. The van der Waals surface area contributed by atoms with Crippen LogP contribution in [0.5, 0.6) is 0 Å². The van der Waals surface area contributed by atoms with Crippen molar-refractivity contribution in [1.29, 1.82) is 0 Å². The summed E-state index contributed by atoms with van der Waals surface area (Å²) in [6, 6.07) is 9.44. The Balaban J connectivity index is 0.000000437. The Morgan fingerprint density at radius 3 is 2.24 bits per heavy atom. The van der Waals surface area contributed by atoms with Crippen LogP contribution >= 0.6 is 0 Å². The van der Waals surface area contributed by atoms with Gasteiger partial charge in [-0.15, -0.1) is 0 Å². The van der Waals surface area contributed by atoms with Crippen molar-refractivity contribution in [2.45, 2.75) is 13.0 Å². The van der Waals surface area contributed by atoms with E-state index in [1.807, 2.05) is 30.3 Å². The van der Waals surface area contributed by atoms with E-state index in [9.17, 15) is 9.59 Å². The minimum absolute atomic E-state index is 0.274. The number of primary amides is 1. The van der Waals surface area contributed by atoms with Gasteiger partial charge in [-0.3, -0.25) is 0 Å². The second-order valence-corrected chi connectivity index (χ2v) is 3.03. The Kier molecular flexibility index (Phi) is 6.85. The van der Waals surface area contributed by atoms with E-state index in [2.05, 4.69) is 6.58 Å². The van der Waals surface area contributed by atoms with E-state index in [0.717, 1.165) is 11.6 Å². The third-order valence-electron chi connectivity index (χ3n) is 1.74. The van der Waals surface area contributed by atoms with E-state index in [-0.39, 0.29) is 6.10 Å². The van der Waals surface area contributed by atoms with Crippen LogP contribution in [0.15, 0.2) is 43.0 Å². The molecule has 0 bridgehead atoms. The molecule has 1 rings (SSSR count). The molecule has 92 valence electrons. The number of carbonyl (C=O) groups excluding carboxylic acids is 1. The zero-order valence-corrected chi connectivity index (χ0v) is 9.50. The molecule has 0 fully saturated rings. The minimum atomic E-state index is -0.981. The fourth-order valence-corrected chi connectivity index (χ4v) is 0.966. The topological polar surface area (TPSA) is 89.6 Å². The van der Waals surface area contributed by atoms with Crippen molar-refractivity contribution in [3.8, 4) is 0 Å². The van der Waals surface area contributed by atoms with Gasteiger partial charge in [-0.05, 0) is 12.5 Å². The smallest absolute Gasteiger partial charge is 0.405 e. The van der Waals surface area contributed by atoms with Gasteiger partial charge in [0.2, 0.25) is 0 Å². The molecule has 0 aliphatic carbocycles. The molecule has 1 aromatic rings. The minimum Gasteiger partial charge on any atom is -0.478 e. The molecule has 0 spiro atoms. The zero-order valence-electron chi connectivity index (χ0n) is 9.50. The predicted molar refractivity (Wildman–Crippen MR) is 63.4 cm³/mol. The van der Waals surface area contributed by atoms with Gasteiger partial charge in [-0.25, -0.2) is 9.59 Å². The van der Waals surface area contributed by atoms with Crippen molar-refractivity contribution in [1.82, 2.24) is 0 Å². The standard InChI is InChI=1S/C9H11NO2.C3H4O2/c1-7(12-9(10)11)8-5-3-2-4-6-8;1-2-3(4)5/h2-7H,1H3,(H2,10,11);2H,1H2,(H,4,5). The summed E-state index contributed by atoms with van der Waals surface area (Å²) in [4.78, 5) is 19.6. The summed E-state index contributed by atoms with van der Waals surface area (Å²) in [5.74, 6) is -0.981. The highest BCUT2D eigenvalue weighted by molar-refractivity contribution is 5.78. The molecular weight excluding hydrogens is 222 g/mol. The van der Waals surface area contributed by atoms with Gasteiger partial charge in [0.25, 0.3) is 0 Å². The number of hydrogen-bond donors (Lipinski definition) is 2. The van der Waals surface area contributed by atoms with Crippen molar-refractivity contribution in [2.24, 2.45) is 5.73 Å². The van der Waals surface area contributed by atoms with Gasteiger partial charge in [0, 0.05) is 6.08 Å². The van der Waals surface area contributed by atoms with Gasteiger partial charge in [0.1, 0.15) is 6.10 Å². The first-order valence-corrected chi connectivity index (χ1v) is 4.83. The number of carboxylic acid groups (broad SMARTS) is 1. The third kappa shape index (κ3) is 7.61. The van der Waals surface area contributed by atoms with E-state index in [0.29, 0.717) is 0 Å². The first-order chi connectivity index (χ1) is 7.97. The zero-order chi connectivity index (χ0) is 13.3. The number of amides is 1. The SMILES string of the molecule is C=CC(=O)O.CC(OC(N)=O)c1ccccc1. The van der Waals surface area contributed by atoms with Crippen LogP contribution in [0.3, 0.4) is 0 Å². The van der Waals surface area contributed by atoms with Crippen LogP contribution in [0, 0.1) is 0 Å². The van der Waals surface area contributed by atoms with Crippen LogP contribution in [0.25, 0.3) is 0 Å². The predicted octanol–water partition coefficient (Wildman–Crippen LogP) is 2.10. The Bertz CT molecular complexity index is 375. The Morgan fingerprint density at radius 1 is 1.41 bits per heavy atom. The molecule has 0 heterocycles. The number of ether oxygens (including phenoxy) is 1. The van der Waals surface area contributed by atoms with Crippen LogP contribution in [-0.4, -0.2) is 17.2 Å². The molecule has 0 saturated heterocycles. The summed E-state index contributed by atoms with van der Waals surface area (Å²) in [6.07, 6.45) is -0.185. The Hall–Kier alpha value is -2.30. The molecule has 0 radical (unpaired) electrons. The number of nitrogens with two attached hydrogens (primary N) is 1. The van der Waals surface area contributed by atoms with Crippen LogP contribution in [0.2, 0.25) is 0 Å². The first kappa shape index (κ1) is 14.7. The van der Waals surface area contributed by atoms with Crippen molar-refractivity contribution in [3.05, 3.63) is 48.6 Å². The molecule has 1 aromatic carbocycles. The Morgan fingerprint density at radius 2 is 1.88 bits per heavy atom. The van der Waals surface area contributed by atoms with Crippen molar-refractivity contribution in [2.75, 3.05) is 0 Å². The highest BCUT2D eigenvalue weighted by Crippen LogP contribution is 2.14. The maximum atomic E-state index is 10.4. The molecule has 0 aliphatic rings. The molecule has 1 unspecified atom stereocenters. The molecule has 1 amide bonds. The van der Waals surface area contributed by atoms with Crippen LogP contribution < -0.4 is 5.73 Å². The number of carbonyl (C=O) groups is 2. The highest BCUT2D eigenvalue weighted by Gasteiger charge is 2.06. The second kappa shape index (κ2) is 7.92. The largest absolute Gasteiger partial charge is 0.478 e. The van der Waals surface area contributed by atoms with Crippen molar-refractivity contribution in [3.63, 3.8) is 0 Å². The lowest BCUT2D eigenvalue weighted by atomic mass is 10.1. The number of rotatable bonds is 3. The third-order valence-corrected chi connectivity index (χ3v) is 1.74. The highest BCUT2D eigenvalue weighted by atomic mass is 16.6. The molecule has 5 nitrogen and oxygen atoms in total. The lowest BCUT2D eigenvalue weighted by molar-refractivity contribution is -0.131. The number of carboxylic acids is 1. The average molecular weight is 237 g/mol. The first-order valence-electron chi connectivity index (χ1n) is 4.83. The fraction of sp³-hybridized carbons (Fsp3) is 0.167. The van der Waals surface area contributed by atoms with Crippen LogP contribution in [0.4, 0.5) is 4.79 Å². The molecular formula is C12H15NO4. The maximum Gasteiger partial charge on any atom is 0.405 e. The normalized spacial score (nSPS) is 10.4. The van der Waals surface area contributed by atoms with Gasteiger partial charge >= 0.3 is 12.1 Å². The number of hydrogen-bond acceptors (Lipinski definition) is 3. The summed E-state index contributed by atoms with van der Waals surface area (Å²) in [7, 11) is 0. The van der Waals surface area contributed by atoms with Gasteiger partial charge in [0.05, 0.1) is 0 Å². The molecule has 0 saturated carbocycles. The maximum absolute atomic E-state index is 10.4. The number of aliphatic carboxylic acids is 1. The summed E-state index contributed by atoms with van der Waals surface area (Å²) < 4.78 is 4.78. The summed E-state index contributed by atoms with van der Waals surface area (Å²) in [6.45, 7) is 4.74. The quantitative estimate of drug-likeness (QED) is 0.788. The molecule has 0 aliphatic heterocycles. The van der Waals surface area contributed by atoms with E-state index in [4.69, 9.17) is 15.6 Å². The van der Waals surface area contributed by atoms with E-state index < -0.39 is 12.1 Å². The van der Waals surface area contributed by atoms with Crippen LogP contribution in [-0.2, 0) is 9.53 Å². The van der Waals surface area contributed by atoms with E-state index in [1.165, 1.54) is 0 Å². The molecule has 3 N–H and O–H groups in total. The second-order valence-electron chi connectivity index (χ2n) is 3.03. The summed E-state index contributed by atoms with van der Waals surface area (Å²) >= 11 is 0. The van der Waals surface area contributed by atoms with Crippen molar-refractivity contribution >= 4 is 12.1 Å².